The van der Waals surface area contributed by atoms with E-state index >= 15 is 0 Å². The van der Waals surface area contributed by atoms with E-state index in [0.717, 1.165) is 16.7 Å². The topological polar surface area (TPSA) is 80.9 Å². The number of hydrogen-bond acceptors (Lipinski definition) is 5. The van der Waals surface area contributed by atoms with Gasteiger partial charge < -0.3 is 11.1 Å². The molecule has 0 spiro atoms. The van der Waals surface area contributed by atoms with E-state index in [2.05, 4.69) is 15.5 Å². The number of hydrogen-bond donors (Lipinski definition) is 2. The van der Waals surface area contributed by atoms with Crippen molar-refractivity contribution < 1.29 is 4.79 Å². The molecule has 0 bridgehead atoms. The Morgan fingerprint density at radius 3 is 2.50 bits per heavy atom. The summed E-state index contributed by atoms with van der Waals surface area (Å²) in [5.41, 5.74) is 8.77. The number of aromatic nitrogens is 2. The minimum absolute atomic E-state index is 0.0630. The molecule has 0 aliphatic heterocycles. The second-order valence-electron chi connectivity index (χ2n) is 5.49. The standard InChI is InChI=1S/C18H18N4OS/c1-12-7-5-6-10-14(12)11-15(23)20-16(13-8-3-2-4-9-13)17-21-22-18(19)24-17/h2-10,16H,11H2,1H3,(H2,19,22)(H,20,23)/t16-/m0/s1. The quantitative estimate of drug-likeness (QED) is 0.749. The van der Waals surface area contributed by atoms with Crippen molar-refractivity contribution in [3.05, 3.63) is 76.3 Å². The van der Waals surface area contributed by atoms with Crippen molar-refractivity contribution in [1.29, 1.82) is 0 Å². The molecular weight excluding hydrogens is 320 g/mol. The van der Waals surface area contributed by atoms with Crippen LogP contribution in [0.25, 0.3) is 0 Å². The van der Waals surface area contributed by atoms with Crippen LogP contribution in [0.1, 0.15) is 27.7 Å². The Morgan fingerprint density at radius 1 is 1.12 bits per heavy atom. The first-order chi connectivity index (χ1) is 11.6. The van der Waals surface area contributed by atoms with Gasteiger partial charge in [0.25, 0.3) is 0 Å². The average molecular weight is 338 g/mol. The van der Waals surface area contributed by atoms with Gasteiger partial charge in [-0.05, 0) is 23.6 Å². The Morgan fingerprint density at radius 2 is 1.83 bits per heavy atom. The van der Waals surface area contributed by atoms with E-state index in [1.165, 1.54) is 11.3 Å². The van der Waals surface area contributed by atoms with Crippen LogP contribution in [0.15, 0.2) is 54.6 Å². The lowest BCUT2D eigenvalue weighted by atomic mass is 10.0. The normalized spacial score (nSPS) is 11.9. The number of carbonyl (C=O) groups is 1. The number of anilines is 1. The van der Waals surface area contributed by atoms with Crippen LogP contribution in [0.3, 0.4) is 0 Å². The molecule has 122 valence electrons. The number of carbonyl (C=O) groups excluding carboxylic acids is 1. The first-order valence-corrected chi connectivity index (χ1v) is 8.43. The van der Waals surface area contributed by atoms with Crippen LogP contribution in [0, 0.1) is 6.92 Å². The number of nitrogen functional groups attached to an aromatic ring is 1. The zero-order valence-corrected chi connectivity index (χ0v) is 14.1. The van der Waals surface area contributed by atoms with Crippen molar-refractivity contribution in [2.45, 2.75) is 19.4 Å². The lowest BCUT2D eigenvalue weighted by Crippen LogP contribution is -2.30. The van der Waals surface area contributed by atoms with Gasteiger partial charge in [-0.2, -0.15) is 0 Å². The molecule has 24 heavy (non-hydrogen) atoms. The highest BCUT2D eigenvalue weighted by Gasteiger charge is 2.21. The summed E-state index contributed by atoms with van der Waals surface area (Å²) in [6.07, 6.45) is 0.324. The van der Waals surface area contributed by atoms with Crippen LogP contribution in [0.2, 0.25) is 0 Å². The molecule has 1 amide bonds. The summed E-state index contributed by atoms with van der Waals surface area (Å²) >= 11 is 1.28. The largest absolute Gasteiger partial charge is 0.374 e. The summed E-state index contributed by atoms with van der Waals surface area (Å²) in [7, 11) is 0. The molecule has 1 atom stereocenters. The maximum atomic E-state index is 12.5. The molecule has 0 radical (unpaired) electrons. The number of nitrogens with two attached hydrogens (primary N) is 1. The van der Waals surface area contributed by atoms with Crippen molar-refractivity contribution in [2.75, 3.05) is 5.73 Å². The van der Waals surface area contributed by atoms with Crippen LogP contribution in [0.5, 0.6) is 0 Å². The molecule has 3 N–H and O–H groups in total. The van der Waals surface area contributed by atoms with Gasteiger partial charge in [0, 0.05) is 0 Å². The van der Waals surface area contributed by atoms with Gasteiger partial charge in [0.1, 0.15) is 11.0 Å². The Balaban J connectivity index is 1.82. The van der Waals surface area contributed by atoms with Gasteiger partial charge in [-0.15, -0.1) is 10.2 Å². The van der Waals surface area contributed by atoms with E-state index in [1.54, 1.807) is 0 Å². The van der Waals surface area contributed by atoms with Crippen LogP contribution in [-0.2, 0) is 11.2 Å². The van der Waals surface area contributed by atoms with Crippen molar-refractivity contribution >= 4 is 22.4 Å². The Labute approximate surface area is 144 Å². The lowest BCUT2D eigenvalue weighted by Gasteiger charge is -2.17. The summed E-state index contributed by atoms with van der Waals surface area (Å²) in [5, 5.41) is 12.1. The highest BCUT2D eigenvalue weighted by molar-refractivity contribution is 7.15. The summed E-state index contributed by atoms with van der Waals surface area (Å²) in [6.45, 7) is 2.00. The maximum absolute atomic E-state index is 12.5. The molecule has 0 aliphatic carbocycles. The van der Waals surface area contributed by atoms with E-state index < -0.39 is 0 Å². The van der Waals surface area contributed by atoms with E-state index in [1.807, 2.05) is 61.5 Å². The SMILES string of the molecule is Cc1ccccc1CC(=O)N[C@@H](c1ccccc1)c1nnc(N)s1. The van der Waals surface area contributed by atoms with E-state index in [-0.39, 0.29) is 11.9 Å². The number of aryl methyl sites for hydroxylation is 1. The summed E-state index contributed by atoms with van der Waals surface area (Å²) in [4.78, 5) is 12.5. The van der Waals surface area contributed by atoms with Crippen LogP contribution < -0.4 is 11.1 Å². The summed E-state index contributed by atoms with van der Waals surface area (Å²) < 4.78 is 0. The highest BCUT2D eigenvalue weighted by atomic mass is 32.1. The number of benzene rings is 2. The highest BCUT2D eigenvalue weighted by Crippen LogP contribution is 2.26. The van der Waals surface area contributed by atoms with E-state index in [9.17, 15) is 4.79 Å². The van der Waals surface area contributed by atoms with E-state index in [0.29, 0.717) is 16.6 Å². The molecule has 0 unspecified atom stereocenters. The molecule has 2 aromatic carbocycles. The van der Waals surface area contributed by atoms with Crippen molar-refractivity contribution in [3.63, 3.8) is 0 Å². The van der Waals surface area contributed by atoms with Crippen molar-refractivity contribution in [2.24, 2.45) is 0 Å². The third-order valence-electron chi connectivity index (χ3n) is 3.75. The lowest BCUT2D eigenvalue weighted by molar-refractivity contribution is -0.120. The minimum Gasteiger partial charge on any atom is -0.374 e. The molecule has 3 aromatic rings. The summed E-state index contributed by atoms with van der Waals surface area (Å²) in [6, 6.07) is 17.2. The van der Waals surface area contributed by atoms with E-state index in [4.69, 9.17) is 5.73 Å². The molecule has 6 heteroatoms. The Bertz CT molecular complexity index is 832. The molecule has 0 saturated carbocycles. The maximum Gasteiger partial charge on any atom is 0.225 e. The minimum atomic E-state index is -0.350. The van der Waals surface area contributed by atoms with Gasteiger partial charge in [-0.25, -0.2) is 0 Å². The van der Waals surface area contributed by atoms with Crippen LogP contribution in [0.4, 0.5) is 5.13 Å². The number of amides is 1. The van der Waals surface area contributed by atoms with Crippen molar-refractivity contribution in [3.8, 4) is 0 Å². The molecule has 1 aromatic heterocycles. The molecular formula is C18H18N4OS. The fraction of sp³-hybridized carbons (Fsp3) is 0.167. The van der Waals surface area contributed by atoms with Crippen LogP contribution in [-0.4, -0.2) is 16.1 Å². The van der Waals surface area contributed by atoms with Crippen molar-refractivity contribution in [1.82, 2.24) is 15.5 Å². The third-order valence-corrected chi connectivity index (χ3v) is 4.57. The number of rotatable bonds is 5. The predicted octanol–water partition coefficient (Wildman–Crippen LogP) is 2.88. The van der Waals surface area contributed by atoms with Gasteiger partial charge in [-0.1, -0.05) is 65.9 Å². The molecule has 0 aliphatic rings. The zero-order chi connectivity index (χ0) is 16.9. The van der Waals surface area contributed by atoms with Gasteiger partial charge in [0.05, 0.1) is 6.42 Å². The first-order valence-electron chi connectivity index (χ1n) is 7.61. The Kier molecular flexibility index (Phi) is 4.86. The second-order valence-corrected chi connectivity index (χ2v) is 6.53. The Hall–Kier alpha value is -2.73. The molecule has 5 nitrogen and oxygen atoms in total. The first kappa shape index (κ1) is 16.1. The molecule has 1 heterocycles. The third kappa shape index (κ3) is 3.78. The molecule has 3 rings (SSSR count). The van der Waals surface area contributed by atoms with Gasteiger partial charge >= 0.3 is 0 Å². The van der Waals surface area contributed by atoms with Gasteiger partial charge in [-0.3, -0.25) is 4.79 Å². The predicted molar refractivity (Wildman–Crippen MR) is 95.6 cm³/mol. The summed E-state index contributed by atoms with van der Waals surface area (Å²) in [5.74, 6) is -0.0630. The van der Waals surface area contributed by atoms with Crippen LogP contribution >= 0.6 is 11.3 Å². The van der Waals surface area contributed by atoms with Gasteiger partial charge in [0.15, 0.2) is 0 Å². The average Bonchev–Trinajstić information content (AvgIpc) is 3.02. The molecule has 0 saturated heterocycles. The second kappa shape index (κ2) is 7.23. The zero-order valence-electron chi connectivity index (χ0n) is 13.3. The number of nitrogens with zero attached hydrogens (tertiary/aromatic N) is 2. The smallest absolute Gasteiger partial charge is 0.225 e. The fourth-order valence-corrected chi connectivity index (χ4v) is 3.18. The monoisotopic (exact) mass is 338 g/mol. The number of nitrogens with one attached hydrogen (secondary N) is 1. The van der Waals surface area contributed by atoms with Gasteiger partial charge in [0.2, 0.25) is 11.0 Å². The fourth-order valence-electron chi connectivity index (χ4n) is 2.49. The molecule has 0 fully saturated rings.